The number of carbonyl (C=O) groups excluding carboxylic acids is 1. The lowest BCUT2D eigenvalue weighted by Gasteiger charge is -2.03. The molecule has 0 saturated carbocycles. The zero-order valence-corrected chi connectivity index (χ0v) is 9.40. The number of aliphatic hydroxyl groups is 1. The molecular formula is C9H11NO5S. The van der Waals surface area contributed by atoms with Gasteiger partial charge in [0.25, 0.3) is 0 Å². The molecule has 6 nitrogen and oxygen atoms in total. The van der Waals surface area contributed by atoms with E-state index in [2.05, 4.69) is 9.72 Å². The summed E-state index contributed by atoms with van der Waals surface area (Å²) < 4.78 is 27.5. The lowest BCUT2D eigenvalue weighted by Crippen LogP contribution is -2.12. The van der Waals surface area contributed by atoms with Crippen molar-refractivity contribution in [2.24, 2.45) is 0 Å². The normalized spacial score (nSPS) is 11.1. The summed E-state index contributed by atoms with van der Waals surface area (Å²) in [5, 5.41) is 8.60. The molecule has 0 unspecified atom stereocenters. The summed E-state index contributed by atoms with van der Waals surface area (Å²) >= 11 is 0. The number of hydrogen-bond acceptors (Lipinski definition) is 6. The molecule has 1 rings (SSSR count). The van der Waals surface area contributed by atoms with Crippen molar-refractivity contribution in [2.45, 2.75) is 4.90 Å². The number of hydrogen-bond donors (Lipinski definition) is 1. The van der Waals surface area contributed by atoms with Gasteiger partial charge in [0.1, 0.15) is 0 Å². The van der Waals surface area contributed by atoms with E-state index in [-0.39, 0.29) is 10.5 Å². The van der Waals surface area contributed by atoms with Crippen molar-refractivity contribution in [3.05, 3.63) is 24.0 Å². The number of carbonyl (C=O) groups is 1. The third-order valence-corrected chi connectivity index (χ3v) is 3.51. The number of esters is 1. The van der Waals surface area contributed by atoms with Crippen molar-refractivity contribution in [3.63, 3.8) is 0 Å². The lowest BCUT2D eigenvalue weighted by molar-refractivity contribution is 0.0600. The van der Waals surface area contributed by atoms with E-state index in [0.29, 0.717) is 0 Å². The minimum absolute atomic E-state index is 0.0570. The van der Waals surface area contributed by atoms with Crippen LogP contribution in [0.5, 0.6) is 0 Å². The molecule has 7 heteroatoms. The molecule has 0 bridgehead atoms. The maximum Gasteiger partial charge on any atom is 0.339 e. The Labute approximate surface area is 92.8 Å². The summed E-state index contributed by atoms with van der Waals surface area (Å²) in [6.07, 6.45) is 2.33. The first-order valence-corrected chi connectivity index (χ1v) is 6.03. The monoisotopic (exact) mass is 245 g/mol. The van der Waals surface area contributed by atoms with Crippen LogP contribution in [0.25, 0.3) is 0 Å². The van der Waals surface area contributed by atoms with Crippen molar-refractivity contribution in [3.8, 4) is 0 Å². The number of rotatable bonds is 4. The second kappa shape index (κ2) is 5.04. The van der Waals surface area contributed by atoms with Gasteiger partial charge in [-0.2, -0.15) is 0 Å². The Kier molecular flexibility index (Phi) is 3.97. The molecule has 0 aliphatic heterocycles. The van der Waals surface area contributed by atoms with E-state index in [1.165, 1.54) is 19.4 Å². The predicted octanol–water partition coefficient (Wildman–Crippen LogP) is -0.366. The Balaban J connectivity index is 3.13. The van der Waals surface area contributed by atoms with Gasteiger partial charge in [-0.25, -0.2) is 13.2 Å². The number of ether oxygens (including phenoxy) is 1. The molecule has 1 heterocycles. The SMILES string of the molecule is COC(=O)c1cncc(S(=O)(=O)CCO)c1. The molecule has 16 heavy (non-hydrogen) atoms. The predicted molar refractivity (Wildman–Crippen MR) is 54.7 cm³/mol. The van der Waals surface area contributed by atoms with Crippen LogP contribution in [0.4, 0.5) is 0 Å². The Bertz CT molecular complexity index is 482. The van der Waals surface area contributed by atoms with Gasteiger partial charge in [-0.1, -0.05) is 0 Å². The van der Waals surface area contributed by atoms with Gasteiger partial charge in [0.2, 0.25) is 0 Å². The fourth-order valence-electron chi connectivity index (χ4n) is 1.06. The summed E-state index contributed by atoms with van der Waals surface area (Å²) in [4.78, 5) is 14.7. The molecule has 1 N–H and O–H groups in total. The average Bonchev–Trinajstić information content (AvgIpc) is 2.28. The standard InChI is InChI=1S/C9H11NO5S/c1-15-9(12)7-4-8(6-10-5-7)16(13,14)3-2-11/h4-6,11H,2-3H2,1H3. The minimum atomic E-state index is -3.59. The zero-order valence-electron chi connectivity index (χ0n) is 8.58. The fourth-order valence-corrected chi connectivity index (χ4v) is 2.06. The minimum Gasteiger partial charge on any atom is -0.465 e. The highest BCUT2D eigenvalue weighted by atomic mass is 32.2. The largest absolute Gasteiger partial charge is 0.465 e. The van der Waals surface area contributed by atoms with Gasteiger partial charge in [-0.3, -0.25) is 4.98 Å². The number of nitrogens with zero attached hydrogens (tertiary/aromatic N) is 1. The first-order valence-electron chi connectivity index (χ1n) is 4.38. The maximum absolute atomic E-state index is 11.5. The van der Waals surface area contributed by atoms with Gasteiger partial charge in [-0.05, 0) is 6.07 Å². The highest BCUT2D eigenvalue weighted by Gasteiger charge is 2.16. The van der Waals surface area contributed by atoms with E-state index >= 15 is 0 Å². The Morgan fingerprint density at radius 1 is 1.50 bits per heavy atom. The van der Waals surface area contributed by atoms with Gasteiger partial charge >= 0.3 is 5.97 Å². The maximum atomic E-state index is 11.5. The van der Waals surface area contributed by atoms with Crippen LogP contribution in [0, 0.1) is 0 Å². The molecule has 0 amide bonds. The molecule has 0 fully saturated rings. The van der Waals surface area contributed by atoms with Crippen molar-refractivity contribution in [1.82, 2.24) is 4.98 Å². The van der Waals surface area contributed by atoms with E-state index < -0.39 is 28.2 Å². The van der Waals surface area contributed by atoms with Crippen LogP contribution < -0.4 is 0 Å². The number of aliphatic hydroxyl groups excluding tert-OH is 1. The van der Waals surface area contributed by atoms with Crippen LogP contribution in [-0.4, -0.2) is 43.9 Å². The van der Waals surface area contributed by atoms with Crippen LogP contribution in [0.1, 0.15) is 10.4 Å². The first-order chi connectivity index (χ1) is 7.51. The van der Waals surface area contributed by atoms with Crippen LogP contribution in [0.15, 0.2) is 23.4 Å². The molecule has 0 spiro atoms. The van der Waals surface area contributed by atoms with Crippen molar-refractivity contribution in [2.75, 3.05) is 19.5 Å². The number of aromatic nitrogens is 1. The van der Waals surface area contributed by atoms with Gasteiger partial charge in [0, 0.05) is 12.4 Å². The highest BCUT2D eigenvalue weighted by molar-refractivity contribution is 7.91. The second-order valence-electron chi connectivity index (χ2n) is 2.94. The van der Waals surface area contributed by atoms with Crippen molar-refractivity contribution in [1.29, 1.82) is 0 Å². The van der Waals surface area contributed by atoms with Crippen LogP contribution >= 0.6 is 0 Å². The molecular weight excluding hydrogens is 234 g/mol. The quantitative estimate of drug-likeness (QED) is 0.728. The third kappa shape index (κ3) is 2.77. The Morgan fingerprint density at radius 2 is 2.19 bits per heavy atom. The lowest BCUT2D eigenvalue weighted by atomic mass is 10.3. The van der Waals surface area contributed by atoms with E-state index in [1.54, 1.807) is 0 Å². The molecule has 0 aromatic carbocycles. The highest BCUT2D eigenvalue weighted by Crippen LogP contribution is 2.12. The zero-order chi connectivity index (χ0) is 12.2. The Hall–Kier alpha value is -1.47. The Morgan fingerprint density at radius 3 is 2.75 bits per heavy atom. The summed E-state index contributed by atoms with van der Waals surface area (Å²) in [5.41, 5.74) is 0.0570. The van der Waals surface area contributed by atoms with Crippen molar-refractivity contribution < 1.29 is 23.1 Å². The van der Waals surface area contributed by atoms with E-state index in [1.807, 2.05) is 0 Å². The molecule has 1 aromatic heterocycles. The van der Waals surface area contributed by atoms with E-state index in [0.717, 1.165) is 6.20 Å². The topological polar surface area (TPSA) is 93.6 Å². The van der Waals surface area contributed by atoms with Crippen molar-refractivity contribution >= 4 is 15.8 Å². The average molecular weight is 245 g/mol. The number of pyridine rings is 1. The first kappa shape index (κ1) is 12.6. The summed E-state index contributed by atoms with van der Waals surface area (Å²) in [5.74, 6) is -1.06. The van der Waals surface area contributed by atoms with E-state index in [9.17, 15) is 13.2 Å². The van der Waals surface area contributed by atoms with Crippen LogP contribution in [0.2, 0.25) is 0 Å². The molecule has 0 aliphatic rings. The fraction of sp³-hybridized carbons (Fsp3) is 0.333. The van der Waals surface area contributed by atoms with Crippen LogP contribution in [0.3, 0.4) is 0 Å². The smallest absolute Gasteiger partial charge is 0.339 e. The molecule has 0 saturated heterocycles. The molecule has 0 atom stereocenters. The van der Waals surface area contributed by atoms with Gasteiger partial charge < -0.3 is 9.84 Å². The summed E-state index contributed by atoms with van der Waals surface area (Å²) in [6.45, 7) is -0.481. The number of sulfone groups is 1. The van der Waals surface area contributed by atoms with Gasteiger partial charge in [0.15, 0.2) is 9.84 Å². The van der Waals surface area contributed by atoms with E-state index in [4.69, 9.17) is 5.11 Å². The van der Waals surface area contributed by atoms with Gasteiger partial charge in [-0.15, -0.1) is 0 Å². The van der Waals surface area contributed by atoms with Gasteiger partial charge in [0.05, 0.1) is 29.9 Å². The summed E-state index contributed by atoms with van der Waals surface area (Å²) in [7, 11) is -2.40. The molecule has 0 radical (unpaired) electrons. The second-order valence-corrected chi connectivity index (χ2v) is 5.05. The summed E-state index contributed by atoms with van der Waals surface area (Å²) in [6, 6.07) is 1.17. The molecule has 1 aromatic rings. The molecule has 88 valence electrons. The van der Waals surface area contributed by atoms with Crippen LogP contribution in [-0.2, 0) is 14.6 Å². The third-order valence-electron chi connectivity index (χ3n) is 1.85. The molecule has 0 aliphatic carbocycles. The number of methoxy groups -OCH3 is 1.